The van der Waals surface area contributed by atoms with Crippen LogP contribution in [0.5, 0.6) is 11.5 Å². The fraction of sp³-hybridized carbons (Fsp3) is 0.350. The maximum atomic E-state index is 9.20. The summed E-state index contributed by atoms with van der Waals surface area (Å²) in [6.07, 6.45) is 4.88. The van der Waals surface area contributed by atoms with Crippen LogP contribution in [0.25, 0.3) is 0 Å². The monoisotopic (exact) mass is 317 g/mol. The molecule has 3 aliphatic rings. The van der Waals surface area contributed by atoms with Crippen LogP contribution < -0.4 is 15.0 Å². The Morgan fingerprint density at radius 3 is 2.54 bits per heavy atom. The van der Waals surface area contributed by atoms with Crippen molar-refractivity contribution in [2.24, 2.45) is 0 Å². The van der Waals surface area contributed by atoms with E-state index in [2.05, 4.69) is 28.4 Å². The number of nitriles is 1. The lowest BCUT2D eigenvalue weighted by atomic mass is 9.95. The Kier molecular flexibility index (Phi) is 3.04. The van der Waals surface area contributed by atoms with Crippen LogP contribution in [0.4, 0.5) is 11.4 Å². The van der Waals surface area contributed by atoms with Crippen LogP contribution in [0.15, 0.2) is 42.5 Å². The first-order valence-electron chi connectivity index (χ1n) is 8.68. The summed E-state index contributed by atoms with van der Waals surface area (Å²) in [5, 5.41) is 12.9. The molecule has 0 aromatic heterocycles. The first-order chi connectivity index (χ1) is 11.8. The van der Waals surface area contributed by atoms with Crippen molar-refractivity contribution in [1.82, 2.24) is 5.32 Å². The minimum absolute atomic E-state index is 0.473. The molecular formula is C20H19N3O. The van der Waals surface area contributed by atoms with Gasteiger partial charge in [0.1, 0.15) is 0 Å². The molecule has 2 fully saturated rings. The molecule has 0 saturated carbocycles. The van der Waals surface area contributed by atoms with Gasteiger partial charge in [0.15, 0.2) is 11.5 Å². The number of hydrogen-bond acceptors (Lipinski definition) is 4. The average Bonchev–Trinajstić information content (AvgIpc) is 2.97. The number of anilines is 2. The van der Waals surface area contributed by atoms with E-state index >= 15 is 0 Å². The van der Waals surface area contributed by atoms with Crippen molar-refractivity contribution in [1.29, 1.82) is 5.26 Å². The SMILES string of the molecule is N#Cc1ccc2c(c1)Oc1ccccc1N2[C@@H]1C[C@H]2CC[C@@H](C1)N2. The molecule has 0 amide bonds. The van der Waals surface area contributed by atoms with Gasteiger partial charge in [-0.1, -0.05) is 12.1 Å². The quantitative estimate of drug-likeness (QED) is 0.861. The maximum Gasteiger partial charge on any atom is 0.152 e. The lowest BCUT2D eigenvalue weighted by molar-refractivity contribution is 0.353. The second kappa shape index (κ2) is 5.25. The van der Waals surface area contributed by atoms with Crippen molar-refractivity contribution < 1.29 is 4.74 Å². The van der Waals surface area contributed by atoms with Crippen molar-refractivity contribution in [2.75, 3.05) is 4.90 Å². The van der Waals surface area contributed by atoms with Gasteiger partial charge in [-0.15, -0.1) is 0 Å². The molecule has 0 aliphatic carbocycles. The highest BCUT2D eigenvalue weighted by molar-refractivity contribution is 5.79. The summed E-state index contributed by atoms with van der Waals surface area (Å²) >= 11 is 0. The van der Waals surface area contributed by atoms with E-state index in [0.717, 1.165) is 35.7 Å². The Morgan fingerprint density at radius 1 is 1.00 bits per heavy atom. The van der Waals surface area contributed by atoms with Crippen molar-refractivity contribution in [3.63, 3.8) is 0 Å². The van der Waals surface area contributed by atoms with Crippen LogP contribution in [0, 0.1) is 11.3 Å². The highest BCUT2D eigenvalue weighted by Gasteiger charge is 2.39. The Labute approximate surface area is 141 Å². The first-order valence-corrected chi connectivity index (χ1v) is 8.68. The van der Waals surface area contributed by atoms with Gasteiger partial charge in [0.25, 0.3) is 0 Å². The van der Waals surface area contributed by atoms with Crippen LogP contribution in [0.2, 0.25) is 0 Å². The van der Waals surface area contributed by atoms with E-state index in [1.54, 1.807) is 0 Å². The second-order valence-corrected chi connectivity index (χ2v) is 7.00. The molecule has 3 aliphatic heterocycles. The third-order valence-electron chi connectivity index (χ3n) is 5.51. The lowest BCUT2D eigenvalue weighted by Crippen LogP contribution is -2.47. The zero-order valence-electron chi connectivity index (χ0n) is 13.4. The van der Waals surface area contributed by atoms with Crippen molar-refractivity contribution in [3.05, 3.63) is 48.0 Å². The molecule has 2 bridgehead atoms. The van der Waals surface area contributed by atoms with E-state index in [0.29, 0.717) is 23.7 Å². The van der Waals surface area contributed by atoms with Crippen LogP contribution in [-0.2, 0) is 0 Å². The standard InChI is InChI=1S/C20H19N3O/c21-12-13-5-8-18-20(9-13)24-19-4-2-1-3-17(19)23(18)16-10-14-6-7-15(11-16)22-14/h1-5,8-9,14-16,22H,6-7,10-11H2/t14-,15+,16-. The van der Waals surface area contributed by atoms with E-state index in [1.165, 1.54) is 12.8 Å². The second-order valence-electron chi connectivity index (χ2n) is 7.00. The summed E-state index contributed by atoms with van der Waals surface area (Å²) in [5.41, 5.74) is 2.86. The number of fused-ring (bicyclic) bond motifs is 4. The molecule has 3 heterocycles. The number of piperidine rings is 1. The van der Waals surface area contributed by atoms with Gasteiger partial charge in [-0.05, 0) is 49.9 Å². The molecule has 2 aromatic rings. The normalized spacial score (nSPS) is 27.0. The minimum atomic E-state index is 0.473. The van der Waals surface area contributed by atoms with Gasteiger partial charge in [0.05, 0.1) is 23.0 Å². The highest BCUT2D eigenvalue weighted by Crippen LogP contribution is 2.49. The Balaban J connectivity index is 1.62. The molecule has 3 atom stereocenters. The van der Waals surface area contributed by atoms with Crippen LogP contribution >= 0.6 is 0 Å². The van der Waals surface area contributed by atoms with Gasteiger partial charge in [0.2, 0.25) is 0 Å². The van der Waals surface area contributed by atoms with Gasteiger partial charge < -0.3 is 15.0 Å². The molecular weight excluding hydrogens is 298 g/mol. The maximum absolute atomic E-state index is 9.20. The van der Waals surface area contributed by atoms with Crippen molar-refractivity contribution in [2.45, 2.75) is 43.8 Å². The van der Waals surface area contributed by atoms with Crippen LogP contribution in [0.1, 0.15) is 31.2 Å². The third kappa shape index (κ3) is 2.09. The average molecular weight is 317 g/mol. The van der Waals surface area contributed by atoms with Gasteiger partial charge in [-0.3, -0.25) is 0 Å². The molecule has 5 rings (SSSR count). The van der Waals surface area contributed by atoms with Crippen LogP contribution in [0.3, 0.4) is 0 Å². The highest BCUT2D eigenvalue weighted by atomic mass is 16.5. The largest absolute Gasteiger partial charge is 0.453 e. The Hall–Kier alpha value is -2.51. The van der Waals surface area contributed by atoms with Crippen LogP contribution in [-0.4, -0.2) is 18.1 Å². The molecule has 4 heteroatoms. The minimum Gasteiger partial charge on any atom is -0.453 e. The molecule has 24 heavy (non-hydrogen) atoms. The van der Waals surface area contributed by atoms with Gasteiger partial charge in [-0.2, -0.15) is 5.26 Å². The van der Waals surface area contributed by atoms with Gasteiger partial charge in [0, 0.05) is 24.2 Å². The van der Waals surface area contributed by atoms with E-state index in [1.807, 2.05) is 30.3 Å². The summed E-state index contributed by atoms with van der Waals surface area (Å²) in [5.74, 6) is 1.67. The van der Waals surface area contributed by atoms with E-state index in [-0.39, 0.29) is 0 Å². The van der Waals surface area contributed by atoms with Crippen molar-refractivity contribution in [3.8, 4) is 17.6 Å². The van der Waals surface area contributed by atoms with E-state index < -0.39 is 0 Å². The van der Waals surface area contributed by atoms with E-state index in [9.17, 15) is 5.26 Å². The van der Waals surface area contributed by atoms with E-state index in [4.69, 9.17) is 4.74 Å². The number of hydrogen-bond donors (Lipinski definition) is 1. The summed E-state index contributed by atoms with van der Waals surface area (Å²) < 4.78 is 6.10. The number of benzene rings is 2. The zero-order chi connectivity index (χ0) is 16.1. The summed E-state index contributed by atoms with van der Waals surface area (Å²) in [6, 6.07) is 17.9. The third-order valence-corrected chi connectivity index (χ3v) is 5.51. The summed E-state index contributed by atoms with van der Waals surface area (Å²) in [6.45, 7) is 0. The predicted octanol–water partition coefficient (Wildman–Crippen LogP) is 4.09. The molecule has 1 N–H and O–H groups in total. The first kappa shape index (κ1) is 13.9. The smallest absolute Gasteiger partial charge is 0.152 e. The molecule has 120 valence electrons. The summed E-state index contributed by atoms with van der Waals surface area (Å²) in [4.78, 5) is 2.45. The van der Waals surface area contributed by atoms with Crippen molar-refractivity contribution >= 4 is 11.4 Å². The summed E-state index contributed by atoms with van der Waals surface area (Å²) in [7, 11) is 0. The number of ether oxygens (including phenoxy) is 1. The number of rotatable bonds is 1. The Bertz CT molecular complexity index is 829. The fourth-order valence-corrected chi connectivity index (χ4v) is 4.49. The predicted molar refractivity (Wildman–Crippen MR) is 92.8 cm³/mol. The molecule has 0 spiro atoms. The molecule has 2 saturated heterocycles. The molecule has 0 unspecified atom stereocenters. The number of nitrogens with one attached hydrogen (secondary N) is 1. The topological polar surface area (TPSA) is 48.3 Å². The number of para-hydroxylation sites is 2. The number of nitrogens with zero attached hydrogens (tertiary/aromatic N) is 2. The molecule has 2 aromatic carbocycles. The zero-order valence-corrected chi connectivity index (χ0v) is 13.4. The van der Waals surface area contributed by atoms with Gasteiger partial charge in [-0.25, -0.2) is 0 Å². The fourth-order valence-electron chi connectivity index (χ4n) is 4.49. The molecule has 0 radical (unpaired) electrons. The Morgan fingerprint density at radius 2 is 1.75 bits per heavy atom. The molecule has 4 nitrogen and oxygen atoms in total. The lowest BCUT2D eigenvalue weighted by Gasteiger charge is -2.42. The van der Waals surface area contributed by atoms with Gasteiger partial charge >= 0.3 is 0 Å².